The molecular formula is C18H16N2O5. The van der Waals surface area contributed by atoms with Crippen LogP contribution in [-0.4, -0.2) is 47.5 Å². The molecule has 0 atom stereocenters. The molecule has 2 aromatic carbocycles. The number of aromatic hydroxyl groups is 1. The van der Waals surface area contributed by atoms with E-state index in [0.717, 1.165) is 5.69 Å². The number of morpholine rings is 1. The van der Waals surface area contributed by atoms with Gasteiger partial charge in [0.25, 0.3) is 0 Å². The van der Waals surface area contributed by atoms with E-state index in [1.165, 1.54) is 18.2 Å². The summed E-state index contributed by atoms with van der Waals surface area (Å²) in [5.74, 6) is -1.16. The summed E-state index contributed by atoms with van der Waals surface area (Å²) in [6.07, 6.45) is 0. The number of H-pyrrole nitrogens is 1. The fraction of sp³-hybridized carbons (Fsp3) is 0.222. The largest absolute Gasteiger partial charge is 0.507 e. The molecule has 128 valence electrons. The maximum absolute atomic E-state index is 12.7. The molecule has 0 radical (unpaired) electrons. The van der Waals surface area contributed by atoms with Crippen LogP contribution in [0.4, 0.5) is 5.69 Å². The van der Waals surface area contributed by atoms with Gasteiger partial charge in [0, 0.05) is 30.2 Å². The molecule has 4 rings (SSSR count). The van der Waals surface area contributed by atoms with Crippen LogP contribution in [0.25, 0.3) is 21.8 Å². The molecular weight excluding hydrogens is 324 g/mol. The molecule has 2 heterocycles. The van der Waals surface area contributed by atoms with E-state index in [4.69, 9.17) is 9.84 Å². The van der Waals surface area contributed by atoms with Crippen molar-refractivity contribution in [1.82, 2.24) is 4.98 Å². The number of anilines is 1. The third-order valence-corrected chi connectivity index (χ3v) is 4.49. The van der Waals surface area contributed by atoms with Crippen LogP contribution in [0.1, 0.15) is 10.4 Å². The minimum absolute atomic E-state index is 0.0931. The Morgan fingerprint density at radius 2 is 1.88 bits per heavy atom. The Hall–Kier alpha value is -3.06. The molecule has 0 unspecified atom stereocenters. The number of ether oxygens (including phenoxy) is 1. The molecule has 7 nitrogen and oxygen atoms in total. The minimum Gasteiger partial charge on any atom is -0.507 e. The second kappa shape index (κ2) is 5.78. The van der Waals surface area contributed by atoms with Gasteiger partial charge in [-0.1, -0.05) is 0 Å². The Labute approximate surface area is 142 Å². The van der Waals surface area contributed by atoms with Gasteiger partial charge in [-0.05, 0) is 24.3 Å². The first-order valence-electron chi connectivity index (χ1n) is 7.93. The Kier molecular flexibility index (Phi) is 3.58. The number of rotatable bonds is 2. The number of benzene rings is 2. The highest BCUT2D eigenvalue weighted by atomic mass is 16.5. The van der Waals surface area contributed by atoms with Crippen molar-refractivity contribution in [3.63, 3.8) is 0 Å². The Morgan fingerprint density at radius 1 is 1.12 bits per heavy atom. The van der Waals surface area contributed by atoms with Gasteiger partial charge in [-0.15, -0.1) is 0 Å². The average Bonchev–Trinajstić information content (AvgIpc) is 2.61. The lowest BCUT2D eigenvalue weighted by Crippen LogP contribution is -2.36. The summed E-state index contributed by atoms with van der Waals surface area (Å²) in [7, 11) is 0. The fourth-order valence-electron chi connectivity index (χ4n) is 3.21. The number of aromatic amines is 1. The Morgan fingerprint density at radius 3 is 2.60 bits per heavy atom. The van der Waals surface area contributed by atoms with Crippen molar-refractivity contribution in [1.29, 1.82) is 0 Å². The zero-order valence-electron chi connectivity index (χ0n) is 13.3. The van der Waals surface area contributed by atoms with E-state index in [-0.39, 0.29) is 22.1 Å². The molecule has 1 aliphatic rings. The van der Waals surface area contributed by atoms with Gasteiger partial charge in [0.2, 0.25) is 5.43 Å². The number of fused-ring (bicyclic) bond motifs is 2. The van der Waals surface area contributed by atoms with Crippen molar-refractivity contribution < 1.29 is 19.7 Å². The van der Waals surface area contributed by atoms with Gasteiger partial charge in [0.15, 0.2) is 0 Å². The van der Waals surface area contributed by atoms with Crippen LogP contribution in [0, 0.1) is 0 Å². The first-order valence-corrected chi connectivity index (χ1v) is 7.93. The molecule has 1 saturated heterocycles. The number of pyridine rings is 1. The zero-order valence-corrected chi connectivity index (χ0v) is 13.3. The molecule has 0 amide bonds. The topological polar surface area (TPSA) is 103 Å². The normalized spacial score (nSPS) is 15.0. The smallest absolute Gasteiger partial charge is 0.335 e. The van der Waals surface area contributed by atoms with Gasteiger partial charge >= 0.3 is 5.97 Å². The van der Waals surface area contributed by atoms with Crippen LogP contribution >= 0.6 is 0 Å². The number of phenolic OH excluding ortho intramolecular Hbond substituents is 1. The summed E-state index contributed by atoms with van der Waals surface area (Å²) in [6.45, 7) is 2.61. The molecule has 7 heteroatoms. The van der Waals surface area contributed by atoms with Gasteiger partial charge in [0.05, 0.1) is 35.2 Å². The van der Waals surface area contributed by atoms with E-state index in [2.05, 4.69) is 9.88 Å². The zero-order chi connectivity index (χ0) is 17.6. The highest BCUT2D eigenvalue weighted by Crippen LogP contribution is 2.30. The number of nitrogens with one attached hydrogen (secondary N) is 1. The number of aromatic nitrogens is 1. The number of hydrogen-bond donors (Lipinski definition) is 3. The average molecular weight is 340 g/mol. The number of aromatic carboxylic acids is 1. The molecule has 3 aromatic rings. The van der Waals surface area contributed by atoms with Crippen LogP contribution in [0.5, 0.6) is 5.75 Å². The quantitative estimate of drug-likeness (QED) is 0.616. The van der Waals surface area contributed by atoms with E-state index in [0.29, 0.717) is 42.7 Å². The summed E-state index contributed by atoms with van der Waals surface area (Å²) in [6, 6.07) is 7.66. The fourth-order valence-corrected chi connectivity index (χ4v) is 3.21. The Bertz CT molecular complexity index is 1050. The number of hydrogen-bond acceptors (Lipinski definition) is 5. The molecule has 25 heavy (non-hydrogen) atoms. The summed E-state index contributed by atoms with van der Waals surface area (Å²) in [5, 5.41) is 20.1. The molecule has 1 aromatic heterocycles. The van der Waals surface area contributed by atoms with E-state index >= 15 is 0 Å². The van der Waals surface area contributed by atoms with Crippen molar-refractivity contribution >= 4 is 33.5 Å². The molecule has 1 fully saturated rings. The monoisotopic (exact) mass is 340 g/mol. The third kappa shape index (κ3) is 2.58. The number of carbonyl (C=O) groups is 1. The summed E-state index contributed by atoms with van der Waals surface area (Å²) >= 11 is 0. The summed E-state index contributed by atoms with van der Waals surface area (Å²) in [4.78, 5) is 29.0. The van der Waals surface area contributed by atoms with E-state index in [1.54, 1.807) is 12.1 Å². The summed E-state index contributed by atoms with van der Waals surface area (Å²) in [5.41, 5.74) is 1.46. The van der Waals surface area contributed by atoms with E-state index < -0.39 is 5.97 Å². The van der Waals surface area contributed by atoms with Crippen LogP contribution in [0.15, 0.2) is 35.1 Å². The van der Waals surface area contributed by atoms with Gasteiger partial charge in [0.1, 0.15) is 5.75 Å². The third-order valence-electron chi connectivity index (χ3n) is 4.49. The molecule has 3 N–H and O–H groups in total. The van der Waals surface area contributed by atoms with Crippen molar-refractivity contribution in [2.75, 3.05) is 31.2 Å². The number of phenols is 1. The minimum atomic E-state index is -1.06. The maximum Gasteiger partial charge on any atom is 0.335 e. The standard InChI is InChI=1S/C18H16N2O5/c21-15-9-11(20-3-5-25-6-4-20)8-14-16(15)17(22)12-2-1-10(18(23)24)7-13(12)19-14/h1-2,7-9,21H,3-6H2,(H,19,22)(H,23,24). The second-order valence-electron chi connectivity index (χ2n) is 6.01. The predicted octanol–water partition coefficient (Wildman–Crippen LogP) is 1.92. The lowest BCUT2D eigenvalue weighted by Gasteiger charge is -2.29. The number of nitrogens with zero attached hydrogens (tertiary/aromatic N) is 1. The molecule has 0 aliphatic carbocycles. The molecule has 1 aliphatic heterocycles. The first-order chi connectivity index (χ1) is 12.0. The van der Waals surface area contributed by atoms with Crippen LogP contribution < -0.4 is 10.3 Å². The first kappa shape index (κ1) is 15.5. The van der Waals surface area contributed by atoms with Crippen molar-refractivity contribution in [2.24, 2.45) is 0 Å². The van der Waals surface area contributed by atoms with Gasteiger partial charge in [-0.3, -0.25) is 4.79 Å². The van der Waals surface area contributed by atoms with Crippen molar-refractivity contribution in [3.05, 3.63) is 46.1 Å². The number of carboxylic acid groups (broad SMARTS) is 1. The van der Waals surface area contributed by atoms with Gasteiger partial charge in [-0.25, -0.2) is 4.79 Å². The predicted molar refractivity (Wildman–Crippen MR) is 93.7 cm³/mol. The lowest BCUT2D eigenvalue weighted by atomic mass is 10.1. The van der Waals surface area contributed by atoms with Gasteiger partial charge < -0.3 is 24.8 Å². The van der Waals surface area contributed by atoms with Crippen LogP contribution in [0.2, 0.25) is 0 Å². The maximum atomic E-state index is 12.7. The van der Waals surface area contributed by atoms with Crippen LogP contribution in [0.3, 0.4) is 0 Å². The second-order valence-corrected chi connectivity index (χ2v) is 6.01. The van der Waals surface area contributed by atoms with Crippen molar-refractivity contribution in [3.8, 4) is 5.75 Å². The molecule has 0 saturated carbocycles. The van der Waals surface area contributed by atoms with E-state index in [9.17, 15) is 14.7 Å². The van der Waals surface area contributed by atoms with Crippen LogP contribution in [-0.2, 0) is 4.74 Å². The lowest BCUT2D eigenvalue weighted by molar-refractivity contribution is 0.0697. The van der Waals surface area contributed by atoms with Gasteiger partial charge in [-0.2, -0.15) is 0 Å². The van der Waals surface area contributed by atoms with Crippen molar-refractivity contribution in [2.45, 2.75) is 0 Å². The van der Waals surface area contributed by atoms with E-state index in [1.807, 2.05) is 0 Å². The Balaban J connectivity index is 1.96. The number of carboxylic acids is 1. The highest BCUT2D eigenvalue weighted by Gasteiger charge is 2.17. The SMILES string of the molecule is O=C(O)c1ccc2c(=O)c3c(O)cc(N4CCOCC4)cc3[nH]c2c1. The molecule has 0 spiro atoms. The highest BCUT2D eigenvalue weighted by molar-refractivity contribution is 5.99. The summed E-state index contributed by atoms with van der Waals surface area (Å²) < 4.78 is 5.33. The molecule has 0 bridgehead atoms.